The summed E-state index contributed by atoms with van der Waals surface area (Å²) in [6, 6.07) is 4.15. The highest BCUT2D eigenvalue weighted by Crippen LogP contribution is 2.13. The molecular weight excluding hydrogens is 238 g/mol. The number of carbonyl (C=O) groups is 1. The van der Waals surface area contributed by atoms with Gasteiger partial charge in [-0.25, -0.2) is 8.78 Å². The Balaban J connectivity index is 2.04. The molecule has 0 bridgehead atoms. The molecule has 98 valence electrons. The van der Waals surface area contributed by atoms with Crippen LogP contribution >= 0.6 is 0 Å². The van der Waals surface area contributed by atoms with Gasteiger partial charge in [0, 0.05) is 31.2 Å². The summed E-state index contributed by atoms with van der Waals surface area (Å²) < 4.78 is 26.5. The lowest BCUT2D eigenvalue weighted by Gasteiger charge is -2.32. The quantitative estimate of drug-likeness (QED) is 0.863. The largest absolute Gasteiger partial charge is 0.340 e. The zero-order valence-corrected chi connectivity index (χ0v) is 10.2. The second kappa shape index (κ2) is 5.44. The maximum Gasteiger partial charge on any atom is 0.227 e. The SMILES string of the molecule is CC1CN(C(=O)Cc2cccc(F)c2F)CCN1. The fourth-order valence-electron chi connectivity index (χ4n) is 2.12. The zero-order valence-electron chi connectivity index (χ0n) is 10.2. The first kappa shape index (κ1) is 13.0. The van der Waals surface area contributed by atoms with E-state index < -0.39 is 11.6 Å². The summed E-state index contributed by atoms with van der Waals surface area (Å²) in [7, 11) is 0. The van der Waals surface area contributed by atoms with Crippen molar-refractivity contribution < 1.29 is 13.6 Å². The number of rotatable bonds is 2. The smallest absolute Gasteiger partial charge is 0.227 e. The number of halogens is 2. The summed E-state index contributed by atoms with van der Waals surface area (Å²) in [4.78, 5) is 13.7. The summed E-state index contributed by atoms with van der Waals surface area (Å²) >= 11 is 0. The molecule has 0 radical (unpaired) electrons. The topological polar surface area (TPSA) is 32.3 Å². The van der Waals surface area contributed by atoms with E-state index in [0.717, 1.165) is 12.6 Å². The standard InChI is InChI=1S/C13H16F2N2O/c1-9-8-17(6-5-16-9)12(18)7-10-3-2-4-11(14)13(10)15/h2-4,9,16H,5-8H2,1H3. The number of hydrogen-bond donors (Lipinski definition) is 1. The number of piperazine rings is 1. The minimum Gasteiger partial charge on any atom is -0.340 e. The molecule has 1 aromatic rings. The van der Waals surface area contributed by atoms with E-state index in [-0.39, 0.29) is 23.9 Å². The Kier molecular flexibility index (Phi) is 3.91. The molecule has 1 unspecified atom stereocenters. The monoisotopic (exact) mass is 254 g/mol. The van der Waals surface area contributed by atoms with E-state index >= 15 is 0 Å². The molecule has 1 aromatic carbocycles. The third-order valence-electron chi connectivity index (χ3n) is 3.09. The molecule has 1 aliphatic heterocycles. The fourth-order valence-corrected chi connectivity index (χ4v) is 2.12. The molecular formula is C13H16F2N2O. The summed E-state index contributed by atoms with van der Waals surface area (Å²) in [5.41, 5.74) is 0.117. The number of hydrogen-bond acceptors (Lipinski definition) is 2. The minimum absolute atomic E-state index is 0.0870. The van der Waals surface area contributed by atoms with Crippen LogP contribution in [0.5, 0.6) is 0 Å². The van der Waals surface area contributed by atoms with Crippen LogP contribution < -0.4 is 5.32 Å². The molecule has 1 N–H and O–H groups in total. The number of nitrogens with zero attached hydrogens (tertiary/aromatic N) is 1. The predicted octanol–water partition coefficient (Wildman–Crippen LogP) is 1.33. The van der Waals surface area contributed by atoms with Gasteiger partial charge in [-0.3, -0.25) is 4.79 Å². The molecule has 2 rings (SSSR count). The molecule has 0 saturated carbocycles. The van der Waals surface area contributed by atoms with Crippen molar-refractivity contribution in [1.82, 2.24) is 10.2 Å². The molecule has 1 saturated heterocycles. The highest BCUT2D eigenvalue weighted by molar-refractivity contribution is 5.79. The van der Waals surface area contributed by atoms with Crippen molar-refractivity contribution in [2.75, 3.05) is 19.6 Å². The first-order chi connectivity index (χ1) is 8.58. The molecule has 5 heteroatoms. The molecule has 18 heavy (non-hydrogen) atoms. The second-order valence-electron chi connectivity index (χ2n) is 4.58. The third-order valence-corrected chi connectivity index (χ3v) is 3.09. The van der Waals surface area contributed by atoms with Gasteiger partial charge in [-0.05, 0) is 13.0 Å². The van der Waals surface area contributed by atoms with Gasteiger partial charge in [-0.2, -0.15) is 0 Å². The van der Waals surface area contributed by atoms with E-state index in [2.05, 4.69) is 5.32 Å². The number of amides is 1. The molecule has 1 amide bonds. The van der Waals surface area contributed by atoms with Crippen LogP contribution in [0.2, 0.25) is 0 Å². The third kappa shape index (κ3) is 2.85. The molecule has 0 aliphatic carbocycles. The van der Waals surface area contributed by atoms with Gasteiger partial charge in [0.2, 0.25) is 5.91 Å². The van der Waals surface area contributed by atoms with Gasteiger partial charge in [0.05, 0.1) is 6.42 Å². The summed E-state index contributed by atoms with van der Waals surface area (Å²) in [5.74, 6) is -1.99. The van der Waals surface area contributed by atoms with Crippen LogP contribution in [0.25, 0.3) is 0 Å². The molecule has 1 aliphatic rings. The Morgan fingerprint density at radius 3 is 3.00 bits per heavy atom. The van der Waals surface area contributed by atoms with E-state index in [0.29, 0.717) is 13.1 Å². The van der Waals surface area contributed by atoms with Crippen LogP contribution in [-0.4, -0.2) is 36.5 Å². The fraction of sp³-hybridized carbons (Fsp3) is 0.462. The van der Waals surface area contributed by atoms with Crippen molar-refractivity contribution in [3.63, 3.8) is 0 Å². The zero-order chi connectivity index (χ0) is 13.1. The lowest BCUT2D eigenvalue weighted by atomic mass is 10.1. The van der Waals surface area contributed by atoms with Gasteiger partial charge in [0.1, 0.15) is 0 Å². The van der Waals surface area contributed by atoms with Gasteiger partial charge in [0.15, 0.2) is 11.6 Å². The van der Waals surface area contributed by atoms with Crippen LogP contribution in [0.4, 0.5) is 8.78 Å². The molecule has 1 atom stereocenters. The molecule has 0 spiro atoms. The van der Waals surface area contributed by atoms with Crippen LogP contribution in [0.15, 0.2) is 18.2 Å². The lowest BCUT2D eigenvalue weighted by molar-refractivity contribution is -0.131. The molecule has 0 aromatic heterocycles. The van der Waals surface area contributed by atoms with Crippen molar-refractivity contribution >= 4 is 5.91 Å². The van der Waals surface area contributed by atoms with E-state index in [1.807, 2.05) is 6.92 Å². The Hall–Kier alpha value is -1.49. The van der Waals surface area contributed by atoms with E-state index in [1.165, 1.54) is 12.1 Å². The Morgan fingerprint density at radius 1 is 1.50 bits per heavy atom. The number of benzene rings is 1. The molecule has 1 heterocycles. The predicted molar refractivity (Wildman–Crippen MR) is 64.1 cm³/mol. The van der Waals surface area contributed by atoms with Crippen LogP contribution in [0.3, 0.4) is 0 Å². The first-order valence-electron chi connectivity index (χ1n) is 6.02. The van der Waals surface area contributed by atoms with Crippen molar-refractivity contribution in [3.8, 4) is 0 Å². The molecule has 3 nitrogen and oxygen atoms in total. The Labute approximate surface area is 105 Å². The average molecular weight is 254 g/mol. The lowest BCUT2D eigenvalue weighted by Crippen LogP contribution is -2.51. The van der Waals surface area contributed by atoms with Crippen LogP contribution in [-0.2, 0) is 11.2 Å². The average Bonchev–Trinajstić information content (AvgIpc) is 2.35. The van der Waals surface area contributed by atoms with Crippen molar-refractivity contribution in [1.29, 1.82) is 0 Å². The van der Waals surface area contributed by atoms with Crippen LogP contribution in [0.1, 0.15) is 12.5 Å². The maximum absolute atomic E-state index is 13.4. The van der Waals surface area contributed by atoms with E-state index in [9.17, 15) is 13.6 Å². The summed E-state index contributed by atoms with van der Waals surface area (Å²) in [6.45, 7) is 3.94. The van der Waals surface area contributed by atoms with Gasteiger partial charge in [0.25, 0.3) is 0 Å². The van der Waals surface area contributed by atoms with Gasteiger partial charge >= 0.3 is 0 Å². The van der Waals surface area contributed by atoms with E-state index in [1.54, 1.807) is 4.90 Å². The number of carbonyl (C=O) groups excluding carboxylic acids is 1. The van der Waals surface area contributed by atoms with Crippen molar-refractivity contribution in [2.24, 2.45) is 0 Å². The summed E-state index contributed by atoms with van der Waals surface area (Å²) in [6.07, 6.45) is -0.0870. The highest BCUT2D eigenvalue weighted by atomic mass is 19.2. The minimum atomic E-state index is -0.922. The highest BCUT2D eigenvalue weighted by Gasteiger charge is 2.21. The van der Waals surface area contributed by atoms with Crippen LogP contribution in [0, 0.1) is 11.6 Å². The first-order valence-corrected chi connectivity index (χ1v) is 6.02. The van der Waals surface area contributed by atoms with Gasteiger partial charge in [-0.1, -0.05) is 12.1 Å². The van der Waals surface area contributed by atoms with Crippen molar-refractivity contribution in [3.05, 3.63) is 35.4 Å². The van der Waals surface area contributed by atoms with Gasteiger partial charge < -0.3 is 10.2 Å². The molecule has 1 fully saturated rings. The Bertz CT molecular complexity index is 451. The maximum atomic E-state index is 13.4. The summed E-state index contributed by atoms with van der Waals surface area (Å²) in [5, 5.41) is 3.22. The van der Waals surface area contributed by atoms with Crippen molar-refractivity contribution in [2.45, 2.75) is 19.4 Å². The van der Waals surface area contributed by atoms with Gasteiger partial charge in [-0.15, -0.1) is 0 Å². The Morgan fingerprint density at radius 2 is 2.28 bits per heavy atom. The van der Waals surface area contributed by atoms with E-state index in [4.69, 9.17) is 0 Å². The second-order valence-corrected chi connectivity index (χ2v) is 4.58. The number of nitrogens with one attached hydrogen (secondary N) is 1. The normalized spacial score (nSPS) is 19.9.